The van der Waals surface area contributed by atoms with Crippen LogP contribution in [0.25, 0.3) is 10.2 Å². The molecule has 0 bridgehead atoms. The quantitative estimate of drug-likeness (QED) is 0.697. The van der Waals surface area contributed by atoms with Crippen LogP contribution >= 0.6 is 22.9 Å². The van der Waals surface area contributed by atoms with E-state index < -0.39 is 11.3 Å². The van der Waals surface area contributed by atoms with Gasteiger partial charge >= 0.3 is 6.09 Å². The molecular formula is C17H20ClFN2O2S. The number of rotatable bonds is 1. The van der Waals surface area contributed by atoms with Crippen molar-refractivity contribution in [2.75, 3.05) is 13.1 Å². The maximum absolute atomic E-state index is 15.4. The number of thiazole rings is 1. The van der Waals surface area contributed by atoms with E-state index in [1.54, 1.807) is 17.0 Å². The van der Waals surface area contributed by atoms with E-state index in [0.29, 0.717) is 28.6 Å². The Balaban J connectivity index is 1.72. The molecule has 0 saturated carbocycles. The number of carbonyl (C=O) groups excluding carboxylic acids is 1. The Labute approximate surface area is 149 Å². The molecule has 1 fully saturated rings. The molecule has 0 spiro atoms. The molecule has 1 aliphatic rings. The monoisotopic (exact) mass is 370 g/mol. The lowest BCUT2D eigenvalue weighted by molar-refractivity contribution is 0.00220. The molecule has 1 aliphatic heterocycles. The number of amides is 1. The van der Waals surface area contributed by atoms with Gasteiger partial charge in [-0.05, 0) is 39.0 Å². The Bertz CT molecular complexity index is 764. The van der Waals surface area contributed by atoms with E-state index in [1.807, 2.05) is 26.8 Å². The Hall–Kier alpha value is -1.40. The average Bonchev–Trinajstić information content (AvgIpc) is 2.90. The van der Waals surface area contributed by atoms with Crippen molar-refractivity contribution in [1.29, 1.82) is 0 Å². The second kappa shape index (κ2) is 6.15. The van der Waals surface area contributed by atoms with Crippen LogP contribution in [0.5, 0.6) is 0 Å². The van der Waals surface area contributed by atoms with Crippen LogP contribution in [0.4, 0.5) is 9.18 Å². The smallest absolute Gasteiger partial charge is 0.410 e. The van der Waals surface area contributed by atoms with Crippen LogP contribution in [-0.4, -0.2) is 34.7 Å². The average molecular weight is 371 g/mol. The summed E-state index contributed by atoms with van der Waals surface area (Å²) >= 11 is 7.32. The summed E-state index contributed by atoms with van der Waals surface area (Å²) in [7, 11) is 0. The number of aromatic nitrogens is 1. The molecule has 0 N–H and O–H groups in total. The van der Waals surface area contributed by atoms with Crippen LogP contribution in [-0.2, 0) is 10.4 Å². The largest absolute Gasteiger partial charge is 0.444 e. The predicted octanol–water partition coefficient (Wildman–Crippen LogP) is 5.15. The minimum absolute atomic E-state index is 0.222. The fraction of sp³-hybridized carbons (Fsp3) is 0.529. The van der Waals surface area contributed by atoms with Gasteiger partial charge in [0, 0.05) is 31.0 Å². The van der Waals surface area contributed by atoms with Gasteiger partial charge in [0.05, 0.1) is 10.2 Å². The van der Waals surface area contributed by atoms with E-state index in [-0.39, 0.29) is 18.9 Å². The van der Waals surface area contributed by atoms with Gasteiger partial charge in [-0.1, -0.05) is 11.6 Å². The summed E-state index contributed by atoms with van der Waals surface area (Å²) in [5.74, 6) is 0. The van der Waals surface area contributed by atoms with Gasteiger partial charge in [-0.3, -0.25) is 0 Å². The van der Waals surface area contributed by atoms with Crippen molar-refractivity contribution < 1.29 is 13.9 Å². The number of ether oxygens (including phenoxy) is 1. The van der Waals surface area contributed by atoms with Crippen LogP contribution < -0.4 is 0 Å². The summed E-state index contributed by atoms with van der Waals surface area (Å²) in [4.78, 5) is 18.1. The fourth-order valence-corrected chi connectivity index (χ4v) is 3.93. The van der Waals surface area contributed by atoms with E-state index in [4.69, 9.17) is 16.3 Å². The van der Waals surface area contributed by atoms with Gasteiger partial charge in [-0.25, -0.2) is 14.2 Å². The molecule has 3 rings (SSSR count). The third-order valence-electron chi connectivity index (χ3n) is 3.94. The highest BCUT2D eigenvalue weighted by atomic mass is 35.5. The minimum Gasteiger partial charge on any atom is -0.444 e. The van der Waals surface area contributed by atoms with Gasteiger partial charge in [0.2, 0.25) is 0 Å². The highest BCUT2D eigenvalue weighted by Gasteiger charge is 2.41. The molecule has 24 heavy (non-hydrogen) atoms. The first-order valence-corrected chi connectivity index (χ1v) is 9.09. The Morgan fingerprint density at radius 3 is 2.67 bits per heavy atom. The van der Waals surface area contributed by atoms with Crippen molar-refractivity contribution in [3.63, 3.8) is 0 Å². The van der Waals surface area contributed by atoms with Crippen molar-refractivity contribution in [3.8, 4) is 0 Å². The molecule has 2 heterocycles. The zero-order chi connectivity index (χ0) is 17.5. The summed E-state index contributed by atoms with van der Waals surface area (Å²) in [5.41, 5.74) is -1.34. The first kappa shape index (κ1) is 17.4. The van der Waals surface area contributed by atoms with Crippen LogP contribution in [0, 0.1) is 0 Å². The lowest BCUT2D eigenvalue weighted by Crippen LogP contribution is -2.45. The molecule has 1 saturated heterocycles. The summed E-state index contributed by atoms with van der Waals surface area (Å²) in [6.45, 7) is 6.10. The maximum Gasteiger partial charge on any atom is 0.410 e. The van der Waals surface area contributed by atoms with Crippen LogP contribution in [0.3, 0.4) is 0 Å². The Morgan fingerprint density at radius 2 is 2.04 bits per heavy atom. The second-order valence-corrected chi connectivity index (χ2v) is 8.53. The zero-order valence-electron chi connectivity index (χ0n) is 13.9. The van der Waals surface area contributed by atoms with E-state index in [2.05, 4.69) is 4.98 Å². The number of halogens is 2. The number of hydrogen-bond donors (Lipinski definition) is 0. The number of likely N-dealkylation sites (tertiary alicyclic amines) is 1. The summed E-state index contributed by atoms with van der Waals surface area (Å²) in [5, 5.41) is 1.05. The number of hydrogen-bond acceptors (Lipinski definition) is 4. The van der Waals surface area contributed by atoms with Gasteiger partial charge in [0.25, 0.3) is 0 Å². The van der Waals surface area contributed by atoms with E-state index in [1.165, 1.54) is 11.3 Å². The highest BCUT2D eigenvalue weighted by molar-refractivity contribution is 7.18. The van der Waals surface area contributed by atoms with Crippen LogP contribution in [0.15, 0.2) is 18.2 Å². The lowest BCUT2D eigenvalue weighted by atomic mass is 9.94. The summed E-state index contributed by atoms with van der Waals surface area (Å²) in [6.07, 6.45) is 0.0557. The molecule has 1 amide bonds. The fourth-order valence-electron chi connectivity index (χ4n) is 2.68. The Morgan fingerprint density at radius 1 is 1.38 bits per heavy atom. The van der Waals surface area contributed by atoms with Gasteiger partial charge in [-0.15, -0.1) is 11.3 Å². The second-order valence-electron chi connectivity index (χ2n) is 7.06. The summed E-state index contributed by atoms with van der Waals surface area (Å²) < 4.78 is 21.6. The molecule has 4 nitrogen and oxygen atoms in total. The highest BCUT2D eigenvalue weighted by Crippen LogP contribution is 2.41. The predicted molar refractivity (Wildman–Crippen MR) is 94.5 cm³/mol. The standard InChI is InChI=1S/C17H20ClFN2O2S/c1-16(2,3)23-15(22)21-8-6-17(19,7-9-21)14-20-12-10-11(18)4-5-13(12)24-14/h4-5,10H,6-9H2,1-3H3. The van der Waals surface area contributed by atoms with Crippen molar-refractivity contribution in [3.05, 3.63) is 28.2 Å². The molecule has 0 radical (unpaired) electrons. The van der Waals surface area contributed by atoms with Gasteiger partial charge in [0.15, 0.2) is 5.67 Å². The molecule has 1 aromatic carbocycles. The molecule has 0 unspecified atom stereocenters. The molecule has 0 atom stereocenters. The Kier molecular flexibility index (Phi) is 4.47. The van der Waals surface area contributed by atoms with Crippen molar-refractivity contribution in [2.45, 2.75) is 44.9 Å². The molecule has 2 aromatic rings. The molecule has 1 aromatic heterocycles. The number of fused-ring (bicyclic) bond motifs is 1. The SMILES string of the molecule is CC(C)(C)OC(=O)N1CCC(F)(c2nc3cc(Cl)ccc3s2)CC1. The lowest BCUT2D eigenvalue weighted by Gasteiger charge is -2.36. The van der Waals surface area contributed by atoms with Crippen molar-refractivity contribution >= 4 is 39.2 Å². The number of nitrogens with zero attached hydrogens (tertiary/aromatic N) is 2. The van der Waals surface area contributed by atoms with Gasteiger partial charge < -0.3 is 9.64 Å². The van der Waals surface area contributed by atoms with Crippen LogP contribution in [0.1, 0.15) is 38.6 Å². The van der Waals surface area contributed by atoms with Crippen molar-refractivity contribution in [1.82, 2.24) is 9.88 Å². The zero-order valence-corrected chi connectivity index (χ0v) is 15.5. The molecule has 7 heteroatoms. The van der Waals surface area contributed by atoms with Gasteiger partial charge in [-0.2, -0.15) is 0 Å². The van der Waals surface area contributed by atoms with E-state index in [9.17, 15) is 4.79 Å². The topological polar surface area (TPSA) is 42.4 Å². The number of benzene rings is 1. The van der Waals surface area contributed by atoms with Crippen LogP contribution in [0.2, 0.25) is 5.02 Å². The number of alkyl halides is 1. The number of carbonyl (C=O) groups is 1. The molecule has 130 valence electrons. The minimum atomic E-state index is -1.51. The van der Waals surface area contributed by atoms with Gasteiger partial charge in [0.1, 0.15) is 10.6 Å². The number of piperidine rings is 1. The first-order chi connectivity index (χ1) is 11.2. The van der Waals surface area contributed by atoms with Crippen molar-refractivity contribution in [2.24, 2.45) is 0 Å². The van der Waals surface area contributed by atoms with E-state index >= 15 is 4.39 Å². The third kappa shape index (κ3) is 3.64. The molecule has 0 aliphatic carbocycles. The first-order valence-electron chi connectivity index (χ1n) is 7.90. The maximum atomic E-state index is 15.4. The summed E-state index contributed by atoms with van der Waals surface area (Å²) in [6, 6.07) is 5.38. The molecular weight excluding hydrogens is 351 g/mol. The normalized spacial score (nSPS) is 18.0. The van der Waals surface area contributed by atoms with E-state index in [0.717, 1.165) is 4.70 Å². The third-order valence-corrected chi connectivity index (χ3v) is 5.39.